The van der Waals surface area contributed by atoms with Gasteiger partial charge in [0.2, 0.25) is 5.78 Å². The monoisotopic (exact) mass is 265 g/mol. The fourth-order valence-corrected chi connectivity index (χ4v) is 2.90. The minimum Gasteiger partial charge on any atom is -0.478 e. The Balaban J connectivity index is 0.000001000. The molecule has 4 heteroatoms. The van der Waals surface area contributed by atoms with Gasteiger partial charge in [0.05, 0.1) is 5.56 Å². The van der Waals surface area contributed by atoms with Crippen molar-refractivity contribution in [1.29, 1.82) is 0 Å². The number of rotatable bonds is 1. The van der Waals surface area contributed by atoms with E-state index in [1.54, 1.807) is 0 Å². The van der Waals surface area contributed by atoms with Gasteiger partial charge in [-0.1, -0.05) is 0 Å². The van der Waals surface area contributed by atoms with Gasteiger partial charge >= 0.3 is 0 Å². The number of hydrogen-bond donors (Lipinski definition) is 0. The first-order valence-corrected chi connectivity index (χ1v) is 6.41. The highest BCUT2D eigenvalue weighted by Gasteiger charge is 2.57. The van der Waals surface area contributed by atoms with E-state index >= 15 is 0 Å². The highest BCUT2D eigenvalue weighted by atomic mass is 35.5. The summed E-state index contributed by atoms with van der Waals surface area (Å²) >= 11 is 0. The van der Waals surface area contributed by atoms with Crippen molar-refractivity contribution >= 4 is 23.9 Å². The van der Waals surface area contributed by atoms with Crippen LogP contribution in [0.1, 0.15) is 36.0 Å². The predicted molar refractivity (Wildman–Crippen MR) is 72.1 cm³/mol. The van der Waals surface area contributed by atoms with E-state index in [1.807, 2.05) is 12.1 Å². The van der Waals surface area contributed by atoms with Gasteiger partial charge in [-0.25, -0.2) is 0 Å². The first-order valence-electron chi connectivity index (χ1n) is 6.41. The van der Waals surface area contributed by atoms with Crippen LogP contribution >= 0.6 is 12.4 Å². The van der Waals surface area contributed by atoms with Crippen molar-refractivity contribution in [3.63, 3.8) is 0 Å². The molecule has 3 aliphatic rings. The molecule has 2 heterocycles. The van der Waals surface area contributed by atoms with Gasteiger partial charge in [-0.15, -0.1) is 12.4 Å². The zero-order valence-corrected chi connectivity index (χ0v) is 11.0. The number of benzene rings is 1. The summed E-state index contributed by atoms with van der Waals surface area (Å²) in [5.74, 6) is 0.990. The van der Waals surface area contributed by atoms with E-state index in [0.717, 1.165) is 37.2 Å². The lowest BCUT2D eigenvalue weighted by Crippen LogP contribution is -2.21. The van der Waals surface area contributed by atoms with Gasteiger partial charge in [-0.3, -0.25) is 4.79 Å². The molecule has 0 radical (unpaired) electrons. The van der Waals surface area contributed by atoms with E-state index in [9.17, 15) is 4.79 Å². The van der Waals surface area contributed by atoms with Crippen LogP contribution in [0, 0.1) is 0 Å². The van der Waals surface area contributed by atoms with E-state index in [-0.39, 0.29) is 18.2 Å². The summed E-state index contributed by atoms with van der Waals surface area (Å²) in [6, 6.07) is 6.07. The predicted octanol–water partition coefficient (Wildman–Crippen LogP) is 2.82. The minimum atomic E-state index is -0.452. The Morgan fingerprint density at radius 1 is 1.17 bits per heavy atom. The third kappa shape index (κ3) is 1.53. The number of anilines is 1. The van der Waals surface area contributed by atoms with E-state index in [2.05, 4.69) is 11.0 Å². The molecule has 1 saturated carbocycles. The number of hydrogen-bond acceptors (Lipinski definition) is 3. The Morgan fingerprint density at radius 3 is 2.56 bits per heavy atom. The lowest BCUT2D eigenvalue weighted by atomic mass is 10.1. The summed E-state index contributed by atoms with van der Waals surface area (Å²) in [6.07, 6.45) is 4.29. The van der Waals surface area contributed by atoms with Crippen LogP contribution in [0.15, 0.2) is 18.2 Å². The van der Waals surface area contributed by atoms with Crippen LogP contribution in [0.2, 0.25) is 0 Å². The van der Waals surface area contributed by atoms with Crippen LogP contribution in [-0.4, -0.2) is 24.5 Å². The zero-order valence-electron chi connectivity index (χ0n) is 10.1. The quantitative estimate of drug-likeness (QED) is 0.782. The number of ether oxygens (including phenoxy) is 1. The van der Waals surface area contributed by atoms with Gasteiger partial charge in [0.1, 0.15) is 5.75 Å². The fraction of sp³-hybridized carbons (Fsp3) is 0.500. The lowest BCUT2D eigenvalue weighted by Gasteiger charge is -2.17. The summed E-state index contributed by atoms with van der Waals surface area (Å²) in [5, 5.41) is 0. The molecule has 0 bridgehead atoms. The number of halogens is 1. The van der Waals surface area contributed by atoms with Gasteiger partial charge in [-0.05, 0) is 43.9 Å². The van der Waals surface area contributed by atoms with Gasteiger partial charge < -0.3 is 9.64 Å². The molecular weight excluding hydrogens is 250 g/mol. The number of carbonyl (C=O) groups is 1. The van der Waals surface area contributed by atoms with Crippen molar-refractivity contribution in [3.05, 3.63) is 23.8 Å². The van der Waals surface area contributed by atoms with Crippen LogP contribution in [0.3, 0.4) is 0 Å². The molecule has 2 aliphatic heterocycles. The second kappa shape index (κ2) is 3.89. The molecule has 96 valence electrons. The molecule has 1 aromatic rings. The van der Waals surface area contributed by atoms with E-state index in [0.29, 0.717) is 0 Å². The number of ketones is 1. The molecule has 0 aromatic heterocycles. The van der Waals surface area contributed by atoms with Gasteiger partial charge in [0.15, 0.2) is 5.60 Å². The number of fused-ring (bicyclic) bond motifs is 1. The standard InChI is InChI=1S/C14H15NO2.ClH/c16-13-11-9-10(15-7-1-2-8-15)3-4-12(11)17-14(13)5-6-14;/h3-4,9H,1-2,5-8H2;1H. The van der Waals surface area contributed by atoms with Crippen LogP contribution in [-0.2, 0) is 0 Å². The molecule has 0 atom stereocenters. The molecule has 0 amide bonds. The van der Waals surface area contributed by atoms with Crippen LogP contribution < -0.4 is 9.64 Å². The molecule has 2 fully saturated rings. The Labute approximate surface area is 113 Å². The molecule has 0 N–H and O–H groups in total. The Hall–Kier alpha value is -1.22. The third-order valence-electron chi connectivity index (χ3n) is 4.10. The summed E-state index contributed by atoms with van der Waals surface area (Å²) in [7, 11) is 0. The van der Waals surface area contributed by atoms with Crippen molar-refractivity contribution in [2.75, 3.05) is 18.0 Å². The molecule has 4 rings (SSSR count). The fourth-order valence-electron chi connectivity index (χ4n) is 2.90. The molecule has 1 saturated heterocycles. The summed E-state index contributed by atoms with van der Waals surface area (Å²) in [5.41, 5.74) is 1.52. The highest BCUT2D eigenvalue weighted by molar-refractivity contribution is 6.09. The maximum absolute atomic E-state index is 12.2. The van der Waals surface area contributed by atoms with E-state index < -0.39 is 5.60 Å². The second-order valence-electron chi connectivity index (χ2n) is 5.30. The zero-order chi connectivity index (χ0) is 11.5. The highest BCUT2D eigenvalue weighted by Crippen LogP contribution is 2.50. The SMILES string of the molecule is Cl.O=C1c2cc(N3CCCC3)ccc2OC12CC2. The smallest absolute Gasteiger partial charge is 0.210 e. The average Bonchev–Trinajstić information content (AvgIpc) is 2.83. The van der Waals surface area contributed by atoms with Crippen molar-refractivity contribution in [2.45, 2.75) is 31.3 Å². The lowest BCUT2D eigenvalue weighted by molar-refractivity contribution is 0.0820. The van der Waals surface area contributed by atoms with Crippen LogP contribution in [0.4, 0.5) is 5.69 Å². The molecule has 1 spiro atoms. The number of Topliss-reactive ketones (excluding diaryl/α,β-unsaturated/α-hetero) is 1. The van der Waals surface area contributed by atoms with Crippen LogP contribution in [0.25, 0.3) is 0 Å². The normalized spacial score (nSPS) is 22.7. The third-order valence-corrected chi connectivity index (χ3v) is 4.10. The molecule has 3 nitrogen and oxygen atoms in total. The molecule has 0 unspecified atom stereocenters. The van der Waals surface area contributed by atoms with E-state index in [1.165, 1.54) is 18.5 Å². The number of carbonyl (C=O) groups excluding carboxylic acids is 1. The van der Waals surface area contributed by atoms with Gasteiger partial charge in [-0.2, -0.15) is 0 Å². The van der Waals surface area contributed by atoms with Gasteiger partial charge in [0.25, 0.3) is 0 Å². The molecule has 18 heavy (non-hydrogen) atoms. The maximum Gasteiger partial charge on any atom is 0.210 e. The summed E-state index contributed by atoms with van der Waals surface area (Å²) in [4.78, 5) is 14.6. The Bertz CT molecular complexity index is 505. The largest absolute Gasteiger partial charge is 0.478 e. The summed E-state index contributed by atoms with van der Waals surface area (Å²) in [6.45, 7) is 2.22. The van der Waals surface area contributed by atoms with Crippen molar-refractivity contribution in [1.82, 2.24) is 0 Å². The Kier molecular flexibility index (Phi) is 2.56. The first kappa shape index (κ1) is 11.8. The average molecular weight is 266 g/mol. The topological polar surface area (TPSA) is 29.5 Å². The molecule has 1 aromatic carbocycles. The second-order valence-corrected chi connectivity index (χ2v) is 5.30. The van der Waals surface area contributed by atoms with Crippen molar-refractivity contribution < 1.29 is 9.53 Å². The van der Waals surface area contributed by atoms with Crippen molar-refractivity contribution in [2.24, 2.45) is 0 Å². The van der Waals surface area contributed by atoms with E-state index in [4.69, 9.17) is 4.74 Å². The Morgan fingerprint density at radius 2 is 1.89 bits per heavy atom. The first-order chi connectivity index (χ1) is 8.28. The van der Waals surface area contributed by atoms with Crippen molar-refractivity contribution in [3.8, 4) is 5.75 Å². The minimum absolute atomic E-state index is 0. The molecule has 1 aliphatic carbocycles. The summed E-state index contributed by atoms with van der Waals surface area (Å²) < 4.78 is 5.77. The number of nitrogens with zero attached hydrogens (tertiary/aromatic N) is 1. The van der Waals surface area contributed by atoms with Gasteiger partial charge in [0, 0.05) is 18.8 Å². The molecular formula is C14H16ClNO2. The van der Waals surface area contributed by atoms with Crippen LogP contribution in [0.5, 0.6) is 5.75 Å². The maximum atomic E-state index is 12.2.